The molecule has 4 rings (SSSR count). The number of hydrogen-bond donors (Lipinski definition) is 0. The summed E-state index contributed by atoms with van der Waals surface area (Å²) >= 11 is 6.28. The number of anilines is 1. The van der Waals surface area contributed by atoms with Crippen molar-refractivity contribution in [1.82, 2.24) is 19.8 Å². The van der Waals surface area contributed by atoms with Crippen molar-refractivity contribution in [2.24, 2.45) is 0 Å². The molecule has 2 heterocycles. The van der Waals surface area contributed by atoms with Gasteiger partial charge in [0.15, 0.2) is 0 Å². The van der Waals surface area contributed by atoms with Gasteiger partial charge in [-0.15, -0.1) is 0 Å². The minimum atomic E-state index is 0.469. The number of ether oxygens (including phenoxy) is 1. The van der Waals surface area contributed by atoms with Crippen molar-refractivity contribution in [3.8, 4) is 5.75 Å². The van der Waals surface area contributed by atoms with Crippen molar-refractivity contribution in [3.05, 3.63) is 59.4 Å². The molecule has 7 heteroatoms. The Kier molecular flexibility index (Phi) is 8.59. The first-order valence-electron chi connectivity index (χ1n) is 12.3. The lowest BCUT2D eigenvalue weighted by Gasteiger charge is -2.39. The van der Waals surface area contributed by atoms with Gasteiger partial charge in [-0.2, -0.15) is 0 Å². The molecule has 0 radical (unpaired) electrons. The number of benzene rings is 2. The van der Waals surface area contributed by atoms with E-state index < -0.39 is 0 Å². The Morgan fingerprint density at radius 2 is 1.82 bits per heavy atom. The molecule has 0 N–H and O–H groups in total. The van der Waals surface area contributed by atoms with Crippen molar-refractivity contribution in [1.29, 1.82) is 0 Å². The Balaban J connectivity index is 1.31. The molecular formula is C27H36ClN5O. The van der Waals surface area contributed by atoms with Crippen LogP contribution in [0.25, 0.3) is 10.9 Å². The summed E-state index contributed by atoms with van der Waals surface area (Å²) in [6, 6.07) is 14.9. The summed E-state index contributed by atoms with van der Waals surface area (Å²) in [6.07, 6.45) is 4.94. The number of fused-ring (bicyclic) bond motifs is 1. The van der Waals surface area contributed by atoms with E-state index in [2.05, 4.69) is 70.0 Å². The Bertz CT molecular complexity index is 1050. The molecule has 2 aromatic carbocycles. The molecule has 0 aliphatic carbocycles. The second kappa shape index (κ2) is 11.8. The molecule has 0 amide bonds. The first-order chi connectivity index (χ1) is 16.5. The highest BCUT2D eigenvalue weighted by atomic mass is 35.5. The van der Waals surface area contributed by atoms with E-state index in [1.54, 1.807) is 6.33 Å². The highest BCUT2D eigenvalue weighted by Crippen LogP contribution is 2.30. The zero-order valence-corrected chi connectivity index (χ0v) is 21.3. The van der Waals surface area contributed by atoms with E-state index in [0.29, 0.717) is 6.04 Å². The topological polar surface area (TPSA) is 44.7 Å². The van der Waals surface area contributed by atoms with Crippen LogP contribution in [0.2, 0.25) is 5.02 Å². The smallest absolute Gasteiger partial charge is 0.140 e. The average Bonchev–Trinajstić information content (AvgIpc) is 2.84. The van der Waals surface area contributed by atoms with Crippen molar-refractivity contribution >= 4 is 28.3 Å². The summed E-state index contributed by atoms with van der Waals surface area (Å²) in [5, 5.41) is 1.75. The summed E-state index contributed by atoms with van der Waals surface area (Å²) in [5.74, 6) is 1.95. The molecule has 1 aliphatic rings. The average molecular weight is 482 g/mol. The Hall–Kier alpha value is -2.41. The van der Waals surface area contributed by atoms with Gasteiger partial charge in [0, 0.05) is 49.2 Å². The molecule has 182 valence electrons. The quantitative estimate of drug-likeness (QED) is 0.375. The summed E-state index contributed by atoms with van der Waals surface area (Å²) in [5.41, 5.74) is 2.28. The van der Waals surface area contributed by atoms with E-state index in [0.717, 1.165) is 86.1 Å². The number of rotatable bonds is 10. The minimum Gasteiger partial charge on any atom is -0.494 e. The van der Waals surface area contributed by atoms with Crippen LogP contribution in [-0.2, 0) is 6.54 Å². The Labute approximate surface area is 208 Å². The number of nitrogens with zero attached hydrogens (tertiary/aromatic N) is 5. The lowest BCUT2D eigenvalue weighted by molar-refractivity contribution is 0.201. The third kappa shape index (κ3) is 6.38. The molecule has 6 nitrogen and oxygen atoms in total. The highest BCUT2D eigenvalue weighted by Gasteiger charge is 2.26. The third-order valence-corrected chi connectivity index (χ3v) is 6.77. The molecule has 34 heavy (non-hydrogen) atoms. The fourth-order valence-electron chi connectivity index (χ4n) is 4.73. The molecular weight excluding hydrogens is 446 g/mol. The third-order valence-electron chi connectivity index (χ3n) is 6.53. The second-order valence-electron chi connectivity index (χ2n) is 9.30. The number of piperidine rings is 1. The molecule has 3 aromatic rings. The summed E-state index contributed by atoms with van der Waals surface area (Å²) < 4.78 is 5.87. The number of halogens is 1. The first-order valence-corrected chi connectivity index (χ1v) is 12.7. The van der Waals surface area contributed by atoms with Gasteiger partial charge in [0.2, 0.25) is 0 Å². The molecule has 0 atom stereocenters. The van der Waals surface area contributed by atoms with E-state index in [1.165, 1.54) is 5.56 Å². The second-order valence-corrected chi connectivity index (χ2v) is 9.74. The Morgan fingerprint density at radius 1 is 1.06 bits per heavy atom. The molecule has 1 saturated heterocycles. The van der Waals surface area contributed by atoms with Gasteiger partial charge < -0.3 is 14.5 Å². The SMILES string of the molecule is CCN(c1ncnc2ccc(Cl)cc12)C1CCN(Cc2ccc(OCCCN(C)C)cc2)CC1. The molecule has 0 spiro atoms. The van der Waals surface area contributed by atoms with Gasteiger partial charge in [-0.1, -0.05) is 23.7 Å². The van der Waals surface area contributed by atoms with Crippen LogP contribution in [0.1, 0.15) is 31.7 Å². The van der Waals surface area contributed by atoms with Crippen LogP contribution in [0.3, 0.4) is 0 Å². The monoisotopic (exact) mass is 481 g/mol. The van der Waals surface area contributed by atoms with Crippen LogP contribution >= 0.6 is 11.6 Å². The van der Waals surface area contributed by atoms with Crippen molar-refractivity contribution in [3.63, 3.8) is 0 Å². The fourth-order valence-corrected chi connectivity index (χ4v) is 4.91. The number of hydrogen-bond acceptors (Lipinski definition) is 6. The van der Waals surface area contributed by atoms with Gasteiger partial charge >= 0.3 is 0 Å². The predicted molar refractivity (Wildman–Crippen MR) is 141 cm³/mol. The molecule has 0 saturated carbocycles. The van der Waals surface area contributed by atoms with Crippen LogP contribution in [0.15, 0.2) is 48.8 Å². The van der Waals surface area contributed by atoms with Crippen molar-refractivity contribution in [2.45, 2.75) is 38.8 Å². The van der Waals surface area contributed by atoms with Crippen LogP contribution in [0.5, 0.6) is 5.75 Å². The van der Waals surface area contributed by atoms with E-state index >= 15 is 0 Å². The lowest BCUT2D eigenvalue weighted by Crippen LogP contribution is -2.45. The first kappa shape index (κ1) is 24.7. The van der Waals surface area contributed by atoms with Gasteiger partial charge in [0.1, 0.15) is 17.9 Å². The number of likely N-dealkylation sites (tertiary alicyclic amines) is 1. The normalized spacial score (nSPS) is 15.2. The summed E-state index contributed by atoms with van der Waals surface area (Å²) in [6.45, 7) is 8.05. The van der Waals surface area contributed by atoms with Gasteiger partial charge in [0.05, 0.1) is 12.1 Å². The molecule has 1 aliphatic heterocycles. The molecule has 1 aromatic heterocycles. The maximum atomic E-state index is 6.28. The van der Waals surface area contributed by atoms with E-state index in [1.807, 2.05) is 18.2 Å². The zero-order valence-electron chi connectivity index (χ0n) is 20.6. The number of aromatic nitrogens is 2. The molecule has 0 bridgehead atoms. The zero-order chi connectivity index (χ0) is 23.9. The van der Waals surface area contributed by atoms with Gasteiger partial charge in [-0.3, -0.25) is 4.90 Å². The largest absolute Gasteiger partial charge is 0.494 e. The van der Waals surface area contributed by atoms with Crippen LogP contribution in [-0.4, -0.2) is 72.7 Å². The van der Waals surface area contributed by atoms with E-state index in [4.69, 9.17) is 16.3 Å². The maximum absolute atomic E-state index is 6.28. The van der Waals surface area contributed by atoms with E-state index in [-0.39, 0.29) is 0 Å². The highest BCUT2D eigenvalue weighted by molar-refractivity contribution is 6.31. The van der Waals surface area contributed by atoms with Gasteiger partial charge in [-0.05, 0) is 76.2 Å². The van der Waals surface area contributed by atoms with Gasteiger partial charge in [-0.25, -0.2) is 9.97 Å². The van der Waals surface area contributed by atoms with E-state index in [9.17, 15) is 0 Å². The van der Waals surface area contributed by atoms with Gasteiger partial charge in [0.25, 0.3) is 0 Å². The standard InChI is InChI=1S/C27H36ClN5O/c1-4-33(27-25-18-22(28)8-11-26(25)29-20-30-27)23-12-15-32(16-13-23)19-21-6-9-24(10-7-21)34-17-5-14-31(2)3/h6-11,18,20,23H,4-5,12-17,19H2,1-3H3. The van der Waals surface area contributed by atoms with Crippen LogP contribution in [0, 0.1) is 0 Å². The van der Waals surface area contributed by atoms with Crippen molar-refractivity contribution < 1.29 is 4.74 Å². The summed E-state index contributed by atoms with van der Waals surface area (Å²) in [7, 11) is 4.18. The Morgan fingerprint density at radius 3 is 2.53 bits per heavy atom. The predicted octanol–water partition coefficient (Wildman–Crippen LogP) is 5.10. The maximum Gasteiger partial charge on any atom is 0.140 e. The van der Waals surface area contributed by atoms with Crippen LogP contribution < -0.4 is 9.64 Å². The molecule has 0 unspecified atom stereocenters. The van der Waals surface area contributed by atoms with Crippen LogP contribution in [0.4, 0.5) is 5.82 Å². The summed E-state index contributed by atoms with van der Waals surface area (Å²) in [4.78, 5) is 16.2. The minimum absolute atomic E-state index is 0.469. The fraction of sp³-hybridized carbons (Fsp3) is 0.481. The lowest BCUT2D eigenvalue weighted by atomic mass is 10.0. The molecule has 1 fully saturated rings. The van der Waals surface area contributed by atoms with Crippen molar-refractivity contribution in [2.75, 3.05) is 51.8 Å².